The number of hydrogen-bond donors (Lipinski definition) is 1. The summed E-state index contributed by atoms with van der Waals surface area (Å²) in [5, 5.41) is 12.2. The van der Waals surface area contributed by atoms with Gasteiger partial charge in [0.05, 0.1) is 36.0 Å². The number of anilines is 1. The van der Waals surface area contributed by atoms with Crippen LogP contribution in [0.2, 0.25) is 0 Å². The summed E-state index contributed by atoms with van der Waals surface area (Å²) in [5.74, 6) is 0. The van der Waals surface area contributed by atoms with E-state index < -0.39 is 0 Å². The van der Waals surface area contributed by atoms with Gasteiger partial charge in [-0.3, -0.25) is 9.69 Å². The summed E-state index contributed by atoms with van der Waals surface area (Å²) < 4.78 is 12.5. The topological polar surface area (TPSA) is 108 Å². The van der Waals surface area contributed by atoms with Crippen molar-refractivity contribution in [2.24, 2.45) is 0 Å². The second kappa shape index (κ2) is 8.24. The number of cyclic esters (lactones) is 1. The van der Waals surface area contributed by atoms with Crippen molar-refractivity contribution < 1.29 is 14.3 Å². The molecule has 2 aromatic rings. The number of ether oxygens (including phenoxy) is 1. The van der Waals surface area contributed by atoms with Gasteiger partial charge in [-0.1, -0.05) is 12.1 Å². The van der Waals surface area contributed by atoms with Crippen LogP contribution < -0.4 is 10.2 Å². The first-order valence-electron chi connectivity index (χ1n) is 8.49. The van der Waals surface area contributed by atoms with E-state index in [0.717, 1.165) is 35.8 Å². The van der Waals surface area contributed by atoms with Crippen LogP contribution in [0.5, 0.6) is 0 Å². The van der Waals surface area contributed by atoms with Gasteiger partial charge in [0.1, 0.15) is 11.8 Å². The molecule has 27 heavy (non-hydrogen) atoms. The fourth-order valence-electron chi connectivity index (χ4n) is 2.84. The van der Waals surface area contributed by atoms with E-state index in [1.54, 1.807) is 4.90 Å². The van der Waals surface area contributed by atoms with Crippen molar-refractivity contribution in [1.82, 2.24) is 14.1 Å². The Bertz CT molecular complexity index is 828. The Balaban J connectivity index is 0.000000253. The third-order valence-corrected chi connectivity index (χ3v) is 4.99. The quantitative estimate of drug-likeness (QED) is 0.786. The highest BCUT2D eigenvalue weighted by Gasteiger charge is 2.44. The fourth-order valence-corrected chi connectivity index (χ4v) is 3.23. The summed E-state index contributed by atoms with van der Waals surface area (Å²) in [6, 6.07) is 10.1. The molecule has 2 aliphatic rings. The maximum Gasteiger partial charge on any atom is 0.414 e. The molecule has 1 N–H and O–H groups in total. The second-order valence-electron chi connectivity index (χ2n) is 6.36. The summed E-state index contributed by atoms with van der Waals surface area (Å²) in [6.45, 7) is 1.21. The highest BCUT2D eigenvalue weighted by Crippen LogP contribution is 2.47. The van der Waals surface area contributed by atoms with E-state index in [4.69, 9.17) is 4.74 Å². The van der Waals surface area contributed by atoms with Crippen molar-refractivity contribution in [2.75, 3.05) is 25.0 Å². The summed E-state index contributed by atoms with van der Waals surface area (Å²) in [4.78, 5) is 23.2. The maximum atomic E-state index is 11.8. The number of benzene rings is 1. The van der Waals surface area contributed by atoms with E-state index in [0.29, 0.717) is 25.1 Å². The lowest BCUT2D eigenvalue weighted by Gasteiger charge is -2.14. The molecule has 1 aromatic heterocycles. The van der Waals surface area contributed by atoms with Crippen LogP contribution >= 0.6 is 11.7 Å². The number of rotatable bonds is 5. The largest absolute Gasteiger partial charge is 0.443 e. The van der Waals surface area contributed by atoms with E-state index >= 15 is 0 Å². The summed E-state index contributed by atoms with van der Waals surface area (Å²) in [7, 11) is 1.84. The molecular formula is C18H19N5O3S. The molecule has 1 amide bonds. The zero-order chi connectivity index (χ0) is 19.3. The lowest BCUT2D eigenvalue weighted by molar-refractivity contribution is 0.111. The smallest absolute Gasteiger partial charge is 0.414 e. The van der Waals surface area contributed by atoms with Crippen LogP contribution in [0.15, 0.2) is 30.5 Å². The van der Waals surface area contributed by atoms with Gasteiger partial charge < -0.3 is 10.1 Å². The minimum atomic E-state index is -0.306. The molecule has 8 nitrogen and oxygen atoms in total. The first kappa shape index (κ1) is 18.9. The molecule has 2 fully saturated rings. The lowest BCUT2D eigenvalue weighted by Crippen LogP contribution is -2.29. The number of carbonyl (C=O) groups excluding carboxylic acids is 2. The Kier molecular flexibility index (Phi) is 5.78. The van der Waals surface area contributed by atoms with Gasteiger partial charge >= 0.3 is 6.09 Å². The molecular weight excluding hydrogens is 366 g/mol. The van der Waals surface area contributed by atoms with Crippen molar-refractivity contribution in [3.05, 3.63) is 41.7 Å². The minimum Gasteiger partial charge on any atom is -0.443 e. The van der Waals surface area contributed by atoms with E-state index in [1.165, 1.54) is 6.20 Å². The number of amides is 1. The molecule has 2 heterocycles. The van der Waals surface area contributed by atoms with Gasteiger partial charge in [-0.25, -0.2) is 4.79 Å². The number of nitrogens with zero attached hydrogens (tertiary/aromatic N) is 4. The van der Waals surface area contributed by atoms with Crippen molar-refractivity contribution in [3.63, 3.8) is 0 Å². The Labute approximate surface area is 161 Å². The minimum absolute atomic E-state index is 0.110. The molecule has 0 bridgehead atoms. The molecule has 1 aliphatic carbocycles. The van der Waals surface area contributed by atoms with E-state index in [1.807, 2.05) is 31.3 Å². The average Bonchev–Trinajstić information content (AvgIpc) is 3.14. The number of nitriles is 1. The van der Waals surface area contributed by atoms with Gasteiger partial charge in [0, 0.05) is 12.2 Å². The molecule has 9 heteroatoms. The molecule has 1 unspecified atom stereocenters. The van der Waals surface area contributed by atoms with E-state index in [-0.39, 0.29) is 17.6 Å². The Morgan fingerprint density at radius 1 is 1.44 bits per heavy atom. The number of hydrogen-bond acceptors (Lipinski definition) is 8. The predicted octanol–water partition coefficient (Wildman–Crippen LogP) is 2.14. The van der Waals surface area contributed by atoms with Crippen molar-refractivity contribution in [2.45, 2.75) is 24.4 Å². The molecule has 0 radical (unpaired) electrons. The zero-order valence-electron chi connectivity index (χ0n) is 14.8. The standard InChI is InChI=1S/C15H17N3O2.C3H2N2OS/c1-17-8-13-9-18(14(19)20-13)12-4-2-11(3-5-12)15(10-16)6-7-15;6-2-3-1-4-7-5-3/h2-5,13,17H,6-9H2,1H3;1-2H. The van der Waals surface area contributed by atoms with Gasteiger partial charge in [-0.15, -0.1) is 0 Å². The highest BCUT2D eigenvalue weighted by atomic mass is 32.1. The summed E-state index contributed by atoms with van der Waals surface area (Å²) in [5.41, 5.74) is 2.00. The van der Waals surface area contributed by atoms with Gasteiger partial charge in [0.25, 0.3) is 0 Å². The zero-order valence-corrected chi connectivity index (χ0v) is 15.6. The van der Waals surface area contributed by atoms with E-state index in [9.17, 15) is 14.9 Å². The Morgan fingerprint density at radius 2 is 2.19 bits per heavy atom. The lowest BCUT2D eigenvalue weighted by atomic mass is 9.97. The van der Waals surface area contributed by atoms with Crippen molar-refractivity contribution in [1.29, 1.82) is 5.26 Å². The number of carbonyl (C=O) groups is 2. The number of aldehydes is 1. The summed E-state index contributed by atoms with van der Waals surface area (Å²) in [6.07, 6.45) is 3.54. The van der Waals surface area contributed by atoms with E-state index in [2.05, 4.69) is 20.1 Å². The SMILES string of the molecule is CNCC1CN(c2ccc(C3(C#N)CC3)cc2)C(=O)O1.O=Cc1cnsn1. The first-order valence-corrected chi connectivity index (χ1v) is 9.22. The van der Waals surface area contributed by atoms with Gasteiger partial charge in [0.2, 0.25) is 0 Å². The maximum absolute atomic E-state index is 11.8. The fraction of sp³-hybridized carbons (Fsp3) is 0.389. The molecule has 140 valence electrons. The highest BCUT2D eigenvalue weighted by molar-refractivity contribution is 6.99. The van der Waals surface area contributed by atoms with Crippen molar-refractivity contribution >= 4 is 29.8 Å². The van der Waals surface area contributed by atoms with Crippen LogP contribution in [0.4, 0.5) is 10.5 Å². The number of nitrogens with one attached hydrogen (secondary N) is 1. The molecule has 1 aliphatic heterocycles. The molecule has 1 saturated carbocycles. The van der Waals surface area contributed by atoms with Crippen LogP contribution in [0, 0.1) is 11.3 Å². The average molecular weight is 385 g/mol. The van der Waals surface area contributed by atoms with Gasteiger partial charge in [-0.2, -0.15) is 14.0 Å². The molecule has 1 saturated heterocycles. The summed E-state index contributed by atoms with van der Waals surface area (Å²) >= 11 is 1.03. The van der Waals surface area contributed by atoms with Crippen LogP contribution in [-0.4, -0.2) is 47.4 Å². The van der Waals surface area contributed by atoms with Crippen LogP contribution in [0.3, 0.4) is 0 Å². The Hall–Kier alpha value is -2.83. The van der Waals surface area contributed by atoms with Gasteiger partial charge in [-0.05, 0) is 37.6 Å². The third-order valence-electron chi connectivity index (χ3n) is 4.50. The number of likely N-dealkylation sites (N-methyl/N-ethyl adjacent to an activating group) is 1. The number of aromatic nitrogens is 2. The molecule has 4 rings (SSSR count). The monoisotopic (exact) mass is 385 g/mol. The third kappa shape index (κ3) is 4.30. The Morgan fingerprint density at radius 3 is 2.67 bits per heavy atom. The predicted molar refractivity (Wildman–Crippen MR) is 99.8 cm³/mol. The second-order valence-corrected chi connectivity index (χ2v) is 6.92. The van der Waals surface area contributed by atoms with Crippen LogP contribution in [0.1, 0.15) is 28.9 Å². The van der Waals surface area contributed by atoms with Crippen molar-refractivity contribution in [3.8, 4) is 6.07 Å². The van der Waals surface area contributed by atoms with Crippen LogP contribution in [0.25, 0.3) is 0 Å². The van der Waals surface area contributed by atoms with Crippen LogP contribution in [-0.2, 0) is 10.2 Å². The molecule has 0 spiro atoms. The normalized spacial score (nSPS) is 19.5. The molecule has 1 aromatic carbocycles. The molecule has 1 atom stereocenters. The first-order chi connectivity index (χ1) is 13.1. The van der Waals surface area contributed by atoms with Gasteiger partial charge in [0.15, 0.2) is 6.29 Å².